The predicted molar refractivity (Wildman–Crippen MR) is 99.4 cm³/mol. The minimum Gasteiger partial charge on any atom is -0.351 e. The van der Waals surface area contributed by atoms with Crippen molar-refractivity contribution in [3.63, 3.8) is 0 Å². The molecule has 1 aliphatic carbocycles. The molecule has 0 aliphatic heterocycles. The standard InChI is InChI=1S/C20H18N4O3/c1-23(2)11-9-22-20(27)14-13-7-3-4-10-24(13)17-15(14)19(26)16-12(18(17)25)6-5-8-21-16/h3-8,10H,9,11H2,1-2H3,(H,22,27). The number of hydrogen-bond donors (Lipinski definition) is 1. The minimum atomic E-state index is -0.401. The molecule has 27 heavy (non-hydrogen) atoms. The highest BCUT2D eigenvalue weighted by atomic mass is 16.2. The van der Waals surface area contributed by atoms with E-state index in [1.165, 1.54) is 6.20 Å². The van der Waals surface area contributed by atoms with Gasteiger partial charge in [-0.1, -0.05) is 6.07 Å². The Morgan fingerprint density at radius 1 is 1.15 bits per heavy atom. The number of ketones is 2. The minimum absolute atomic E-state index is 0.0910. The fraction of sp³-hybridized carbons (Fsp3) is 0.200. The van der Waals surface area contributed by atoms with E-state index in [1.54, 1.807) is 40.9 Å². The summed E-state index contributed by atoms with van der Waals surface area (Å²) in [7, 11) is 3.82. The number of carbonyl (C=O) groups excluding carboxylic acids is 3. The van der Waals surface area contributed by atoms with Crippen LogP contribution in [-0.2, 0) is 0 Å². The van der Waals surface area contributed by atoms with Gasteiger partial charge in [0.15, 0.2) is 0 Å². The van der Waals surface area contributed by atoms with Crippen molar-refractivity contribution in [2.75, 3.05) is 27.2 Å². The zero-order valence-corrected chi connectivity index (χ0v) is 15.0. The number of hydrogen-bond acceptors (Lipinski definition) is 5. The molecule has 0 unspecified atom stereocenters. The Labute approximate surface area is 155 Å². The van der Waals surface area contributed by atoms with Crippen molar-refractivity contribution in [1.29, 1.82) is 0 Å². The molecule has 136 valence electrons. The number of rotatable bonds is 4. The van der Waals surface area contributed by atoms with Gasteiger partial charge in [0, 0.05) is 25.5 Å². The molecule has 3 heterocycles. The van der Waals surface area contributed by atoms with Gasteiger partial charge in [0.05, 0.1) is 22.2 Å². The van der Waals surface area contributed by atoms with Gasteiger partial charge >= 0.3 is 0 Å². The monoisotopic (exact) mass is 362 g/mol. The van der Waals surface area contributed by atoms with E-state index in [4.69, 9.17) is 0 Å². The van der Waals surface area contributed by atoms with Gasteiger partial charge in [-0.2, -0.15) is 0 Å². The summed E-state index contributed by atoms with van der Waals surface area (Å²) in [5.41, 5.74) is 1.44. The summed E-state index contributed by atoms with van der Waals surface area (Å²) in [6.45, 7) is 1.10. The second-order valence-electron chi connectivity index (χ2n) is 6.67. The van der Waals surface area contributed by atoms with Crippen LogP contribution in [0, 0.1) is 0 Å². The Hall–Kier alpha value is -3.32. The molecule has 0 aromatic carbocycles. The fourth-order valence-electron chi connectivity index (χ4n) is 3.38. The molecular weight excluding hydrogens is 344 g/mol. The van der Waals surface area contributed by atoms with Crippen LogP contribution in [0.3, 0.4) is 0 Å². The fourth-order valence-corrected chi connectivity index (χ4v) is 3.38. The highest BCUT2D eigenvalue weighted by molar-refractivity contribution is 6.31. The normalized spacial score (nSPS) is 13.0. The first-order valence-corrected chi connectivity index (χ1v) is 8.61. The molecule has 1 amide bonds. The number of likely N-dealkylation sites (N-methyl/N-ethyl adjacent to an activating group) is 1. The second-order valence-corrected chi connectivity index (χ2v) is 6.67. The lowest BCUT2D eigenvalue weighted by Crippen LogP contribution is -2.32. The average Bonchev–Trinajstić information content (AvgIpc) is 3.01. The third-order valence-corrected chi connectivity index (χ3v) is 4.62. The maximum absolute atomic E-state index is 13.1. The number of carbonyl (C=O) groups is 3. The molecule has 0 radical (unpaired) electrons. The van der Waals surface area contributed by atoms with Gasteiger partial charge in [0.2, 0.25) is 11.6 Å². The van der Waals surface area contributed by atoms with E-state index in [2.05, 4.69) is 10.3 Å². The van der Waals surface area contributed by atoms with Gasteiger partial charge in [-0.05, 0) is 38.4 Å². The Morgan fingerprint density at radius 3 is 2.74 bits per heavy atom. The third-order valence-electron chi connectivity index (χ3n) is 4.62. The summed E-state index contributed by atoms with van der Waals surface area (Å²) in [5, 5.41) is 2.84. The first-order valence-electron chi connectivity index (χ1n) is 8.61. The van der Waals surface area contributed by atoms with Crippen molar-refractivity contribution in [1.82, 2.24) is 19.6 Å². The molecular formula is C20H18N4O3. The Morgan fingerprint density at radius 2 is 1.96 bits per heavy atom. The number of nitrogens with zero attached hydrogens (tertiary/aromatic N) is 3. The predicted octanol–water partition coefficient (Wildman–Crippen LogP) is 1.40. The first-order chi connectivity index (χ1) is 13.0. The SMILES string of the molecule is CN(C)CCNC(=O)c1c2c(n3ccccc13)C(=O)c1cccnc1C2=O. The lowest BCUT2D eigenvalue weighted by atomic mass is 9.89. The van der Waals surface area contributed by atoms with E-state index in [0.717, 1.165) is 0 Å². The number of fused-ring (bicyclic) bond motifs is 4. The van der Waals surface area contributed by atoms with Gasteiger partial charge in [-0.15, -0.1) is 0 Å². The number of pyridine rings is 2. The molecule has 4 rings (SSSR count). The van der Waals surface area contributed by atoms with E-state index in [1.807, 2.05) is 19.0 Å². The highest BCUT2D eigenvalue weighted by Crippen LogP contribution is 2.32. The number of nitrogens with one attached hydrogen (secondary N) is 1. The summed E-state index contributed by atoms with van der Waals surface area (Å²) in [5.74, 6) is -1.08. The summed E-state index contributed by atoms with van der Waals surface area (Å²) in [4.78, 5) is 45.1. The highest BCUT2D eigenvalue weighted by Gasteiger charge is 2.38. The molecule has 3 aromatic heterocycles. The maximum atomic E-state index is 13.1. The molecule has 0 saturated carbocycles. The van der Waals surface area contributed by atoms with Crippen LogP contribution in [0.15, 0.2) is 42.7 Å². The summed E-state index contributed by atoms with van der Waals surface area (Å²) in [6, 6.07) is 8.48. The molecule has 0 fully saturated rings. The topological polar surface area (TPSA) is 83.8 Å². The van der Waals surface area contributed by atoms with Crippen LogP contribution >= 0.6 is 0 Å². The average molecular weight is 362 g/mol. The lowest BCUT2D eigenvalue weighted by Gasteiger charge is -2.15. The first kappa shape index (κ1) is 17.1. The van der Waals surface area contributed by atoms with Crippen LogP contribution in [-0.4, -0.2) is 58.9 Å². The van der Waals surface area contributed by atoms with Gasteiger partial charge in [-0.25, -0.2) is 0 Å². The van der Waals surface area contributed by atoms with E-state index in [9.17, 15) is 14.4 Å². The van der Waals surface area contributed by atoms with Crippen LogP contribution < -0.4 is 5.32 Å². The Kier molecular flexibility index (Phi) is 4.08. The molecule has 1 N–H and O–H groups in total. The molecule has 0 saturated heterocycles. The van der Waals surface area contributed by atoms with Crippen molar-refractivity contribution < 1.29 is 14.4 Å². The number of aromatic nitrogens is 2. The van der Waals surface area contributed by atoms with Crippen molar-refractivity contribution >= 4 is 23.0 Å². The van der Waals surface area contributed by atoms with Crippen LogP contribution in [0.25, 0.3) is 5.52 Å². The summed E-state index contributed by atoms with van der Waals surface area (Å²) >= 11 is 0. The van der Waals surface area contributed by atoms with Gasteiger partial charge in [0.25, 0.3) is 5.91 Å². The molecule has 1 aliphatic rings. The van der Waals surface area contributed by atoms with Crippen molar-refractivity contribution in [2.24, 2.45) is 0 Å². The van der Waals surface area contributed by atoms with E-state index in [0.29, 0.717) is 18.6 Å². The van der Waals surface area contributed by atoms with E-state index in [-0.39, 0.29) is 39.8 Å². The van der Waals surface area contributed by atoms with Crippen LogP contribution in [0.4, 0.5) is 0 Å². The Bertz CT molecular complexity index is 1100. The zero-order chi connectivity index (χ0) is 19.1. The molecule has 0 spiro atoms. The molecule has 7 heteroatoms. The molecule has 0 bridgehead atoms. The van der Waals surface area contributed by atoms with Crippen molar-refractivity contribution in [3.05, 3.63) is 70.8 Å². The molecule has 3 aromatic rings. The second kappa shape index (κ2) is 6.44. The largest absolute Gasteiger partial charge is 0.351 e. The van der Waals surface area contributed by atoms with Crippen molar-refractivity contribution in [3.8, 4) is 0 Å². The van der Waals surface area contributed by atoms with Gasteiger partial charge in [0.1, 0.15) is 11.4 Å². The third kappa shape index (κ3) is 2.63. The van der Waals surface area contributed by atoms with Crippen molar-refractivity contribution in [2.45, 2.75) is 0 Å². The summed E-state index contributed by atoms with van der Waals surface area (Å²) < 4.78 is 1.62. The summed E-state index contributed by atoms with van der Waals surface area (Å²) in [6.07, 6.45) is 3.17. The quantitative estimate of drug-likeness (QED) is 0.593. The van der Waals surface area contributed by atoms with Crippen LogP contribution in [0.5, 0.6) is 0 Å². The van der Waals surface area contributed by atoms with Crippen LogP contribution in [0.2, 0.25) is 0 Å². The maximum Gasteiger partial charge on any atom is 0.254 e. The van der Waals surface area contributed by atoms with E-state index >= 15 is 0 Å². The Balaban J connectivity index is 1.90. The smallest absolute Gasteiger partial charge is 0.254 e. The van der Waals surface area contributed by atoms with Gasteiger partial charge in [-0.3, -0.25) is 19.4 Å². The molecule has 7 nitrogen and oxygen atoms in total. The number of amides is 1. The van der Waals surface area contributed by atoms with E-state index < -0.39 is 5.78 Å². The zero-order valence-electron chi connectivity index (χ0n) is 15.0. The van der Waals surface area contributed by atoms with Gasteiger partial charge < -0.3 is 14.6 Å². The lowest BCUT2D eigenvalue weighted by molar-refractivity contribution is 0.0937. The molecule has 0 atom stereocenters. The van der Waals surface area contributed by atoms with Crippen LogP contribution in [0.1, 0.15) is 42.5 Å².